The van der Waals surface area contributed by atoms with E-state index in [1.165, 1.54) is 17.3 Å². The number of nitrogens with one attached hydrogen (secondary N) is 1. The zero-order valence-corrected chi connectivity index (χ0v) is 19.5. The molecule has 158 valence electrons. The van der Waals surface area contributed by atoms with Crippen LogP contribution in [-0.2, 0) is 4.79 Å². The van der Waals surface area contributed by atoms with Gasteiger partial charge in [0.05, 0.1) is 26.5 Å². The molecule has 4 rings (SSSR count). The van der Waals surface area contributed by atoms with Crippen molar-refractivity contribution >= 4 is 46.0 Å². The van der Waals surface area contributed by atoms with Crippen LogP contribution in [0.4, 0.5) is 5.69 Å². The summed E-state index contributed by atoms with van der Waals surface area (Å²) in [5.41, 5.74) is 5.76. The van der Waals surface area contributed by atoms with E-state index in [2.05, 4.69) is 41.1 Å². The van der Waals surface area contributed by atoms with E-state index >= 15 is 0 Å². The van der Waals surface area contributed by atoms with Gasteiger partial charge in [0, 0.05) is 5.69 Å². The van der Waals surface area contributed by atoms with Crippen LogP contribution >= 0.6 is 23.4 Å². The zero-order chi connectivity index (χ0) is 22.2. The summed E-state index contributed by atoms with van der Waals surface area (Å²) < 4.78 is 1.32. The molecule has 0 aliphatic heterocycles. The third kappa shape index (κ3) is 4.48. The maximum atomic E-state index is 13.2. The molecular formula is C25H24ClN3OS. The van der Waals surface area contributed by atoms with Crippen molar-refractivity contribution in [3.63, 3.8) is 0 Å². The molecule has 3 aromatic carbocycles. The number of hydrogen-bond donors (Lipinski definition) is 1. The van der Waals surface area contributed by atoms with Crippen LogP contribution < -0.4 is 5.32 Å². The van der Waals surface area contributed by atoms with Gasteiger partial charge in [0.1, 0.15) is 0 Å². The van der Waals surface area contributed by atoms with Gasteiger partial charge in [-0.3, -0.25) is 9.36 Å². The van der Waals surface area contributed by atoms with Gasteiger partial charge in [0.15, 0.2) is 5.16 Å². The number of aromatic nitrogens is 2. The van der Waals surface area contributed by atoms with Crippen LogP contribution in [0.25, 0.3) is 16.7 Å². The van der Waals surface area contributed by atoms with E-state index in [9.17, 15) is 4.79 Å². The minimum Gasteiger partial charge on any atom is -0.324 e. The van der Waals surface area contributed by atoms with Crippen molar-refractivity contribution in [2.45, 2.75) is 37.6 Å². The largest absolute Gasteiger partial charge is 0.324 e. The second kappa shape index (κ2) is 8.40. The molecule has 0 aliphatic carbocycles. The first-order valence-electron chi connectivity index (χ1n) is 10.1. The molecule has 0 radical (unpaired) electrons. The van der Waals surface area contributed by atoms with Crippen LogP contribution in [0, 0.1) is 13.8 Å². The normalized spacial score (nSPS) is 11.6. The SMILES string of the molecule is Cc1ccc(-n2c(SC(C)(C)C(=O)Nc3ccc(C)cc3Cl)nc3ccccc32)cc1. The molecule has 4 nitrogen and oxygen atoms in total. The summed E-state index contributed by atoms with van der Waals surface area (Å²) in [5, 5.41) is 4.26. The highest BCUT2D eigenvalue weighted by molar-refractivity contribution is 8.01. The average Bonchev–Trinajstić information content (AvgIpc) is 3.07. The molecule has 0 saturated carbocycles. The molecule has 0 fully saturated rings. The van der Waals surface area contributed by atoms with Crippen molar-refractivity contribution < 1.29 is 4.79 Å². The maximum absolute atomic E-state index is 13.2. The number of aryl methyl sites for hydroxylation is 2. The van der Waals surface area contributed by atoms with E-state index in [1.807, 2.05) is 63.2 Å². The fourth-order valence-corrected chi connectivity index (χ4v) is 4.61. The maximum Gasteiger partial charge on any atom is 0.240 e. The highest BCUT2D eigenvalue weighted by Crippen LogP contribution is 2.37. The molecule has 1 amide bonds. The minimum atomic E-state index is -0.780. The lowest BCUT2D eigenvalue weighted by molar-refractivity contribution is -0.117. The van der Waals surface area contributed by atoms with Crippen molar-refractivity contribution in [3.05, 3.63) is 82.9 Å². The number of anilines is 1. The third-order valence-electron chi connectivity index (χ3n) is 5.09. The lowest BCUT2D eigenvalue weighted by Crippen LogP contribution is -2.34. The molecule has 0 unspecified atom stereocenters. The Kier molecular flexibility index (Phi) is 5.82. The number of nitrogens with zero attached hydrogens (tertiary/aromatic N) is 2. The number of halogens is 1. The first-order chi connectivity index (χ1) is 14.7. The van der Waals surface area contributed by atoms with Crippen LogP contribution in [0.3, 0.4) is 0 Å². The van der Waals surface area contributed by atoms with Crippen molar-refractivity contribution in [1.29, 1.82) is 0 Å². The Bertz CT molecular complexity index is 1260. The lowest BCUT2D eigenvalue weighted by Gasteiger charge is -2.23. The quantitative estimate of drug-likeness (QED) is 0.340. The monoisotopic (exact) mass is 449 g/mol. The van der Waals surface area contributed by atoms with Gasteiger partial charge in [-0.05, 0) is 69.7 Å². The Morgan fingerprint density at radius 1 is 1.00 bits per heavy atom. The number of thioether (sulfide) groups is 1. The average molecular weight is 450 g/mol. The smallest absolute Gasteiger partial charge is 0.240 e. The predicted octanol–water partition coefficient (Wildman–Crippen LogP) is 6.81. The van der Waals surface area contributed by atoms with Crippen LogP contribution in [0.15, 0.2) is 71.9 Å². The number of hydrogen-bond acceptors (Lipinski definition) is 3. The summed E-state index contributed by atoms with van der Waals surface area (Å²) in [4.78, 5) is 18.0. The lowest BCUT2D eigenvalue weighted by atomic mass is 10.1. The van der Waals surface area contributed by atoms with Gasteiger partial charge in [-0.25, -0.2) is 4.98 Å². The molecule has 0 bridgehead atoms. The van der Waals surface area contributed by atoms with Crippen LogP contribution in [-0.4, -0.2) is 20.2 Å². The van der Waals surface area contributed by atoms with Gasteiger partial charge in [-0.2, -0.15) is 0 Å². The topological polar surface area (TPSA) is 46.9 Å². The van der Waals surface area contributed by atoms with Crippen LogP contribution in [0.5, 0.6) is 0 Å². The number of benzene rings is 3. The molecule has 0 aliphatic rings. The standard InChI is InChI=1S/C25H24ClN3OS/c1-16-9-12-18(13-10-16)29-22-8-6-5-7-21(22)28-24(29)31-25(3,4)23(30)27-20-14-11-17(2)15-19(20)26/h5-15H,1-4H3,(H,27,30). The molecule has 1 aromatic heterocycles. The number of amides is 1. The Labute approximate surface area is 191 Å². The first-order valence-corrected chi connectivity index (χ1v) is 11.3. The van der Waals surface area contributed by atoms with E-state index < -0.39 is 4.75 Å². The van der Waals surface area contributed by atoms with Gasteiger partial charge in [0.2, 0.25) is 5.91 Å². The number of imidazole rings is 1. The van der Waals surface area contributed by atoms with E-state index in [0.29, 0.717) is 10.7 Å². The van der Waals surface area contributed by atoms with E-state index in [-0.39, 0.29) is 5.91 Å². The fourth-order valence-electron chi connectivity index (χ4n) is 3.28. The molecule has 0 atom stereocenters. The molecule has 31 heavy (non-hydrogen) atoms. The number of carbonyl (C=O) groups is 1. The summed E-state index contributed by atoms with van der Waals surface area (Å²) in [6, 6.07) is 21.9. The molecular weight excluding hydrogens is 426 g/mol. The molecule has 1 heterocycles. The second-order valence-corrected chi connectivity index (χ2v) is 10.1. The molecule has 6 heteroatoms. The number of fused-ring (bicyclic) bond motifs is 1. The van der Waals surface area contributed by atoms with E-state index in [4.69, 9.17) is 16.6 Å². The van der Waals surface area contributed by atoms with Crippen molar-refractivity contribution in [2.75, 3.05) is 5.32 Å². The van der Waals surface area contributed by atoms with Crippen LogP contribution in [0.1, 0.15) is 25.0 Å². The summed E-state index contributed by atoms with van der Waals surface area (Å²) >= 11 is 7.75. The fraction of sp³-hybridized carbons (Fsp3) is 0.200. The number of para-hydroxylation sites is 2. The zero-order valence-electron chi connectivity index (χ0n) is 17.9. The summed E-state index contributed by atoms with van der Waals surface area (Å²) in [5.74, 6) is -0.134. The van der Waals surface area contributed by atoms with Gasteiger partial charge >= 0.3 is 0 Å². The highest BCUT2D eigenvalue weighted by atomic mass is 35.5. The number of rotatable bonds is 5. The van der Waals surface area contributed by atoms with E-state index in [0.717, 1.165) is 27.4 Å². The Balaban J connectivity index is 1.69. The molecule has 0 spiro atoms. The Morgan fingerprint density at radius 3 is 2.39 bits per heavy atom. The summed E-state index contributed by atoms with van der Waals surface area (Å²) in [7, 11) is 0. The Hall–Kier alpha value is -2.76. The van der Waals surface area contributed by atoms with Gasteiger partial charge in [-0.15, -0.1) is 0 Å². The van der Waals surface area contributed by atoms with Crippen molar-refractivity contribution in [1.82, 2.24) is 9.55 Å². The van der Waals surface area contributed by atoms with Gasteiger partial charge in [0.25, 0.3) is 0 Å². The van der Waals surface area contributed by atoms with E-state index in [1.54, 1.807) is 0 Å². The first kappa shape index (κ1) is 21.5. The highest BCUT2D eigenvalue weighted by Gasteiger charge is 2.32. The van der Waals surface area contributed by atoms with Crippen molar-refractivity contribution in [3.8, 4) is 5.69 Å². The summed E-state index contributed by atoms with van der Waals surface area (Å²) in [6.07, 6.45) is 0. The van der Waals surface area contributed by atoms with Gasteiger partial charge < -0.3 is 5.32 Å². The molecule has 4 aromatic rings. The number of carbonyl (C=O) groups excluding carboxylic acids is 1. The minimum absolute atomic E-state index is 0.134. The van der Waals surface area contributed by atoms with Crippen molar-refractivity contribution in [2.24, 2.45) is 0 Å². The second-order valence-electron chi connectivity index (χ2n) is 8.10. The molecule has 1 N–H and O–H groups in total. The molecule has 0 saturated heterocycles. The van der Waals surface area contributed by atoms with Gasteiger partial charge in [-0.1, -0.05) is 59.3 Å². The predicted molar refractivity (Wildman–Crippen MR) is 131 cm³/mol. The Morgan fingerprint density at radius 2 is 1.68 bits per heavy atom. The summed E-state index contributed by atoms with van der Waals surface area (Å²) in [6.45, 7) is 7.82. The third-order valence-corrected chi connectivity index (χ3v) is 6.55. The van der Waals surface area contributed by atoms with Crippen LogP contribution in [0.2, 0.25) is 5.02 Å².